The summed E-state index contributed by atoms with van der Waals surface area (Å²) < 4.78 is 16.7. The zero-order valence-electron chi connectivity index (χ0n) is 18.2. The number of fused-ring (bicyclic) bond motifs is 1. The largest absolute Gasteiger partial charge is 0.497 e. The maximum absolute atomic E-state index is 13.4. The van der Waals surface area contributed by atoms with E-state index in [1.807, 2.05) is 13.0 Å². The molecule has 4 rings (SSSR count). The van der Waals surface area contributed by atoms with Crippen LogP contribution in [0.1, 0.15) is 22.8 Å². The summed E-state index contributed by atoms with van der Waals surface area (Å²) in [5.41, 5.74) is 0.784. The average molecular weight is 480 g/mol. The van der Waals surface area contributed by atoms with E-state index < -0.39 is 16.3 Å². The molecule has 0 saturated carbocycles. The molecule has 9 heteroatoms. The molecule has 0 atom stereocenters. The number of hydrogen-bond donors (Lipinski definition) is 0. The Hall–Kier alpha value is -4.17. The van der Waals surface area contributed by atoms with Crippen molar-refractivity contribution in [1.29, 1.82) is 0 Å². The van der Waals surface area contributed by atoms with E-state index in [9.17, 15) is 19.7 Å². The van der Waals surface area contributed by atoms with E-state index in [4.69, 9.17) is 25.5 Å². The van der Waals surface area contributed by atoms with E-state index in [1.54, 1.807) is 36.4 Å². The number of non-ortho nitro benzene ring substituents is 1. The Morgan fingerprint density at radius 2 is 1.82 bits per heavy atom. The van der Waals surface area contributed by atoms with Crippen LogP contribution in [-0.4, -0.2) is 18.0 Å². The van der Waals surface area contributed by atoms with Gasteiger partial charge in [0.15, 0.2) is 5.76 Å². The number of aryl methyl sites for hydroxylation is 1. The number of nitro benzene ring substituents is 1. The van der Waals surface area contributed by atoms with Crippen LogP contribution in [0.25, 0.3) is 22.3 Å². The highest BCUT2D eigenvalue weighted by atomic mass is 35.5. The Morgan fingerprint density at radius 1 is 1.09 bits per heavy atom. The maximum atomic E-state index is 13.4. The second-order valence-electron chi connectivity index (χ2n) is 7.31. The van der Waals surface area contributed by atoms with Crippen LogP contribution in [0.4, 0.5) is 5.69 Å². The van der Waals surface area contributed by atoms with Gasteiger partial charge in [-0.3, -0.25) is 14.9 Å². The lowest BCUT2D eigenvalue weighted by Crippen LogP contribution is -2.17. The maximum Gasteiger partial charge on any atom is 0.345 e. The van der Waals surface area contributed by atoms with E-state index in [2.05, 4.69) is 0 Å². The summed E-state index contributed by atoms with van der Waals surface area (Å²) in [6.07, 6.45) is 0.698. The molecule has 0 saturated heterocycles. The van der Waals surface area contributed by atoms with Crippen molar-refractivity contribution >= 4 is 34.2 Å². The smallest absolute Gasteiger partial charge is 0.345 e. The van der Waals surface area contributed by atoms with Crippen molar-refractivity contribution in [2.45, 2.75) is 13.3 Å². The van der Waals surface area contributed by atoms with E-state index in [0.717, 1.165) is 17.7 Å². The summed E-state index contributed by atoms with van der Waals surface area (Å²) in [5.74, 6) is -0.621. The number of carbonyl (C=O) groups excluding carboxylic acids is 1. The minimum Gasteiger partial charge on any atom is -0.497 e. The molecule has 0 bridgehead atoms. The molecule has 172 valence electrons. The lowest BCUT2D eigenvalue weighted by Gasteiger charge is -2.12. The lowest BCUT2D eigenvalue weighted by atomic mass is 10.1. The first-order valence-electron chi connectivity index (χ1n) is 10.2. The van der Waals surface area contributed by atoms with Gasteiger partial charge in [0.05, 0.1) is 28.0 Å². The molecule has 0 fully saturated rings. The summed E-state index contributed by atoms with van der Waals surface area (Å²) in [5, 5.41) is 11.0. The third-order valence-corrected chi connectivity index (χ3v) is 5.56. The molecule has 0 aliphatic carbocycles. The van der Waals surface area contributed by atoms with Gasteiger partial charge >= 0.3 is 5.97 Å². The predicted molar refractivity (Wildman–Crippen MR) is 127 cm³/mol. The van der Waals surface area contributed by atoms with Crippen molar-refractivity contribution in [1.82, 2.24) is 0 Å². The molecule has 0 spiro atoms. The normalized spacial score (nSPS) is 10.8. The van der Waals surface area contributed by atoms with Gasteiger partial charge in [-0.25, -0.2) is 4.79 Å². The summed E-state index contributed by atoms with van der Waals surface area (Å²) in [7, 11) is 1.53. The molecular weight excluding hydrogens is 462 g/mol. The third kappa shape index (κ3) is 4.35. The first-order chi connectivity index (χ1) is 16.3. The molecular formula is C25H18ClNO7. The molecule has 0 N–H and O–H groups in total. The Bertz CT molecular complexity index is 1480. The minimum atomic E-state index is -0.951. The fraction of sp³-hybridized carbons (Fsp3) is 0.120. The highest BCUT2D eigenvalue weighted by molar-refractivity contribution is 6.33. The number of halogens is 1. The second kappa shape index (κ2) is 9.36. The number of rotatable bonds is 6. The number of hydrogen-bond acceptors (Lipinski definition) is 7. The summed E-state index contributed by atoms with van der Waals surface area (Å²) in [4.78, 5) is 36.7. The van der Waals surface area contributed by atoms with Gasteiger partial charge in [-0.2, -0.15) is 0 Å². The third-order valence-electron chi connectivity index (χ3n) is 5.25. The lowest BCUT2D eigenvalue weighted by molar-refractivity contribution is -0.384. The van der Waals surface area contributed by atoms with Gasteiger partial charge in [-0.05, 0) is 54.4 Å². The molecule has 1 aromatic heterocycles. The zero-order valence-corrected chi connectivity index (χ0v) is 18.9. The Labute approximate surface area is 198 Å². The van der Waals surface area contributed by atoms with Crippen molar-refractivity contribution in [3.63, 3.8) is 0 Å². The van der Waals surface area contributed by atoms with Gasteiger partial charge in [0.25, 0.3) is 5.69 Å². The van der Waals surface area contributed by atoms with Crippen LogP contribution in [0.5, 0.6) is 11.5 Å². The zero-order chi connectivity index (χ0) is 24.4. The Balaban J connectivity index is 1.86. The van der Waals surface area contributed by atoms with E-state index >= 15 is 0 Å². The standard InChI is InChI=1S/C25H18ClNO7/c1-3-14-4-11-21-19(12-14)22(28)24(23(33-21)15-5-8-17(32-2)9-6-15)34-25(29)18-10-7-16(27(30)31)13-20(18)26/h4-13H,3H2,1-2H3. The van der Waals surface area contributed by atoms with Crippen molar-refractivity contribution in [3.05, 3.63) is 97.2 Å². The van der Waals surface area contributed by atoms with Crippen LogP contribution in [0, 0.1) is 10.1 Å². The Morgan fingerprint density at radius 3 is 2.44 bits per heavy atom. The van der Waals surface area contributed by atoms with Crippen LogP contribution in [-0.2, 0) is 6.42 Å². The summed E-state index contributed by atoms with van der Waals surface area (Å²) >= 11 is 6.08. The number of nitro groups is 1. The quantitative estimate of drug-likeness (QED) is 0.195. The molecule has 0 amide bonds. The van der Waals surface area contributed by atoms with E-state index in [-0.39, 0.29) is 33.2 Å². The summed E-state index contributed by atoms with van der Waals surface area (Å²) in [6.45, 7) is 1.95. The molecule has 8 nitrogen and oxygen atoms in total. The van der Waals surface area contributed by atoms with E-state index in [1.165, 1.54) is 13.2 Å². The highest BCUT2D eigenvalue weighted by Crippen LogP contribution is 2.33. The molecule has 0 aliphatic heterocycles. The van der Waals surface area contributed by atoms with Gasteiger partial charge in [-0.1, -0.05) is 24.6 Å². The van der Waals surface area contributed by atoms with Crippen molar-refractivity contribution in [3.8, 4) is 22.8 Å². The van der Waals surface area contributed by atoms with Crippen molar-refractivity contribution < 1.29 is 23.6 Å². The van der Waals surface area contributed by atoms with Crippen LogP contribution in [0.15, 0.2) is 69.9 Å². The SMILES string of the molecule is CCc1ccc2oc(-c3ccc(OC)cc3)c(OC(=O)c3ccc([N+](=O)[O-])cc3Cl)c(=O)c2c1. The molecule has 3 aromatic carbocycles. The Kier molecular flexibility index (Phi) is 6.34. The van der Waals surface area contributed by atoms with Gasteiger partial charge in [0.1, 0.15) is 11.3 Å². The van der Waals surface area contributed by atoms with Crippen LogP contribution < -0.4 is 14.9 Å². The molecule has 1 heterocycles. The first kappa shape index (κ1) is 23.0. The molecule has 34 heavy (non-hydrogen) atoms. The fourth-order valence-corrected chi connectivity index (χ4v) is 3.65. The van der Waals surface area contributed by atoms with Gasteiger partial charge in [-0.15, -0.1) is 0 Å². The van der Waals surface area contributed by atoms with Gasteiger partial charge < -0.3 is 13.9 Å². The number of esters is 1. The van der Waals surface area contributed by atoms with E-state index in [0.29, 0.717) is 23.3 Å². The number of nitrogens with zero attached hydrogens (tertiary/aromatic N) is 1. The number of carbonyl (C=O) groups is 1. The second-order valence-corrected chi connectivity index (χ2v) is 7.72. The van der Waals surface area contributed by atoms with Gasteiger partial charge in [0.2, 0.25) is 11.2 Å². The number of methoxy groups -OCH3 is 1. The van der Waals surface area contributed by atoms with Crippen LogP contribution in [0.3, 0.4) is 0 Å². The molecule has 0 aliphatic rings. The molecule has 0 unspecified atom stereocenters. The topological polar surface area (TPSA) is 109 Å². The summed E-state index contributed by atoms with van der Waals surface area (Å²) in [6, 6.07) is 15.3. The first-order valence-corrected chi connectivity index (χ1v) is 10.6. The number of ether oxygens (including phenoxy) is 2. The van der Waals surface area contributed by atoms with Gasteiger partial charge in [0, 0.05) is 17.7 Å². The van der Waals surface area contributed by atoms with Crippen molar-refractivity contribution in [2.24, 2.45) is 0 Å². The van der Waals surface area contributed by atoms with Crippen LogP contribution in [0.2, 0.25) is 5.02 Å². The molecule has 0 radical (unpaired) electrons. The monoisotopic (exact) mass is 479 g/mol. The van der Waals surface area contributed by atoms with Crippen molar-refractivity contribution in [2.75, 3.05) is 7.11 Å². The molecule has 4 aromatic rings. The highest BCUT2D eigenvalue weighted by Gasteiger charge is 2.23. The average Bonchev–Trinajstić information content (AvgIpc) is 2.85. The number of benzene rings is 3. The predicted octanol–water partition coefficient (Wildman–Crippen LogP) is 5.81. The minimum absolute atomic E-state index is 0.0517. The fourth-order valence-electron chi connectivity index (χ4n) is 3.40. The van der Waals surface area contributed by atoms with Crippen LogP contribution >= 0.6 is 11.6 Å².